The molecule has 3 heterocycles. The van der Waals surface area contributed by atoms with E-state index < -0.39 is 33.0 Å². The second-order valence-corrected chi connectivity index (χ2v) is 16.0. The standard InChI is InChI=1S/C39H43F3N4O5S/c1-3-51-33-24-32-30(23-34(33)52(2,48)49)35(37(47)44-38(14-15-38)27-9-5-4-6-10-27)31(36(43-32)26-8-7-11-28(22-26)39(40,41)42)25-45-16-12-29(13-17-45)46-18-20-50-21-19-46/h4-11,22-24,29H,3,12-21,25H2,1-2H3,(H,44,47). The lowest BCUT2D eigenvalue weighted by Crippen LogP contribution is -2.48. The Kier molecular flexibility index (Phi) is 10.1. The second-order valence-electron chi connectivity index (χ2n) is 14.0. The van der Waals surface area contributed by atoms with Gasteiger partial charge in [-0.05, 0) is 69.5 Å². The van der Waals surface area contributed by atoms with Crippen molar-refractivity contribution in [3.63, 3.8) is 0 Å². The number of fused-ring (bicyclic) bond motifs is 1. The van der Waals surface area contributed by atoms with Crippen molar-refractivity contribution in [3.05, 3.63) is 89.0 Å². The van der Waals surface area contributed by atoms with Gasteiger partial charge < -0.3 is 14.8 Å². The van der Waals surface area contributed by atoms with Crippen LogP contribution in [0.4, 0.5) is 13.2 Å². The minimum absolute atomic E-state index is 0.0623. The minimum atomic E-state index is -4.60. The van der Waals surface area contributed by atoms with Gasteiger partial charge in [-0.3, -0.25) is 14.6 Å². The van der Waals surface area contributed by atoms with Crippen LogP contribution in [-0.2, 0) is 32.8 Å². The summed E-state index contributed by atoms with van der Waals surface area (Å²) in [6, 6.07) is 17.9. The summed E-state index contributed by atoms with van der Waals surface area (Å²) >= 11 is 0. The number of nitrogens with zero attached hydrogens (tertiary/aromatic N) is 3. The van der Waals surface area contributed by atoms with Crippen LogP contribution in [0.5, 0.6) is 5.75 Å². The first kappa shape index (κ1) is 36.3. The van der Waals surface area contributed by atoms with Crippen LogP contribution >= 0.6 is 0 Å². The van der Waals surface area contributed by atoms with Crippen LogP contribution in [0.2, 0.25) is 0 Å². The maximum Gasteiger partial charge on any atom is 0.416 e. The number of piperidine rings is 1. The zero-order chi connectivity index (χ0) is 36.7. The molecule has 0 spiro atoms. The molecule has 3 aromatic carbocycles. The summed E-state index contributed by atoms with van der Waals surface area (Å²) in [5.74, 6) is -0.379. The van der Waals surface area contributed by atoms with Crippen LogP contribution in [0.15, 0.2) is 71.6 Å². The first-order valence-electron chi connectivity index (χ1n) is 17.8. The van der Waals surface area contributed by atoms with Crippen LogP contribution < -0.4 is 10.1 Å². The Morgan fingerprint density at radius 2 is 1.71 bits per heavy atom. The number of hydrogen-bond donors (Lipinski definition) is 1. The number of carbonyl (C=O) groups excluding carboxylic acids is 1. The molecule has 0 radical (unpaired) electrons. The molecule has 7 rings (SSSR count). The molecule has 3 aliphatic rings. The van der Waals surface area contributed by atoms with Gasteiger partial charge in [0.2, 0.25) is 0 Å². The van der Waals surface area contributed by atoms with Gasteiger partial charge >= 0.3 is 6.18 Å². The van der Waals surface area contributed by atoms with E-state index in [0.717, 1.165) is 49.9 Å². The molecule has 276 valence electrons. The number of benzene rings is 3. The van der Waals surface area contributed by atoms with E-state index in [1.807, 2.05) is 30.3 Å². The zero-order valence-corrected chi connectivity index (χ0v) is 30.2. The molecule has 1 saturated carbocycles. The molecular formula is C39H43F3N4O5S. The van der Waals surface area contributed by atoms with Crippen molar-refractivity contribution in [2.45, 2.75) is 61.8 Å². The molecule has 3 fully saturated rings. The molecule has 52 heavy (non-hydrogen) atoms. The molecule has 1 aliphatic carbocycles. The predicted octanol–water partition coefficient (Wildman–Crippen LogP) is 6.44. The monoisotopic (exact) mass is 736 g/mol. The van der Waals surface area contributed by atoms with Gasteiger partial charge in [0.05, 0.1) is 47.7 Å². The number of rotatable bonds is 10. The highest BCUT2D eigenvalue weighted by Crippen LogP contribution is 2.46. The third-order valence-electron chi connectivity index (χ3n) is 10.5. The highest BCUT2D eigenvalue weighted by molar-refractivity contribution is 7.90. The number of hydrogen-bond acceptors (Lipinski definition) is 8. The van der Waals surface area contributed by atoms with Crippen LogP contribution in [0.25, 0.3) is 22.2 Å². The minimum Gasteiger partial charge on any atom is -0.492 e. The lowest BCUT2D eigenvalue weighted by Gasteiger charge is -2.40. The van der Waals surface area contributed by atoms with Crippen LogP contribution in [-0.4, -0.2) is 87.4 Å². The summed E-state index contributed by atoms with van der Waals surface area (Å²) < 4.78 is 79.8. The molecule has 13 heteroatoms. The molecule has 0 atom stereocenters. The topological polar surface area (TPSA) is 101 Å². The average Bonchev–Trinajstić information content (AvgIpc) is 3.92. The van der Waals surface area contributed by atoms with Gasteiger partial charge in [-0.25, -0.2) is 13.4 Å². The number of amides is 1. The molecule has 1 N–H and O–H groups in total. The average molecular weight is 737 g/mol. The van der Waals surface area contributed by atoms with Gasteiger partial charge in [0.25, 0.3) is 5.91 Å². The van der Waals surface area contributed by atoms with E-state index in [1.165, 1.54) is 18.2 Å². The number of nitrogens with one attached hydrogen (secondary N) is 1. The Hall–Kier alpha value is -4.04. The summed E-state index contributed by atoms with van der Waals surface area (Å²) in [6.07, 6.45) is -0.341. The van der Waals surface area contributed by atoms with Crippen molar-refractivity contribution in [1.82, 2.24) is 20.1 Å². The highest BCUT2D eigenvalue weighted by Gasteiger charge is 2.46. The predicted molar refractivity (Wildman–Crippen MR) is 192 cm³/mol. The molecule has 9 nitrogen and oxygen atoms in total. The SMILES string of the molecule is CCOc1cc2nc(-c3cccc(C(F)(F)F)c3)c(CN3CCC(N4CCOCC4)CC3)c(C(=O)NC3(c4ccccc4)CC3)c2cc1S(C)(=O)=O. The van der Waals surface area contributed by atoms with Crippen molar-refractivity contribution in [2.75, 3.05) is 52.3 Å². The molecule has 4 aromatic rings. The summed E-state index contributed by atoms with van der Waals surface area (Å²) in [7, 11) is -3.83. The lowest BCUT2D eigenvalue weighted by atomic mass is 9.93. The molecule has 0 unspecified atom stereocenters. The summed E-state index contributed by atoms with van der Waals surface area (Å²) in [4.78, 5) is 24.4. The fourth-order valence-electron chi connectivity index (χ4n) is 7.62. The fourth-order valence-corrected chi connectivity index (χ4v) is 8.44. The summed E-state index contributed by atoms with van der Waals surface area (Å²) in [5.41, 5.74) is 0.817. The van der Waals surface area contributed by atoms with Crippen molar-refractivity contribution >= 4 is 26.6 Å². The van der Waals surface area contributed by atoms with E-state index >= 15 is 0 Å². The van der Waals surface area contributed by atoms with Gasteiger partial charge in [-0.2, -0.15) is 13.2 Å². The third kappa shape index (κ3) is 7.55. The molecule has 0 bridgehead atoms. The normalized spacial score (nSPS) is 18.7. The van der Waals surface area contributed by atoms with E-state index in [1.54, 1.807) is 13.0 Å². The molecule has 1 aromatic heterocycles. The molecule has 2 saturated heterocycles. The largest absolute Gasteiger partial charge is 0.492 e. The van der Waals surface area contributed by atoms with E-state index in [9.17, 15) is 26.4 Å². The van der Waals surface area contributed by atoms with Gasteiger partial charge in [-0.15, -0.1) is 0 Å². The van der Waals surface area contributed by atoms with Gasteiger partial charge in [0.15, 0.2) is 9.84 Å². The number of carbonyl (C=O) groups is 1. The van der Waals surface area contributed by atoms with E-state index in [4.69, 9.17) is 14.5 Å². The number of halogens is 3. The van der Waals surface area contributed by atoms with Crippen molar-refractivity contribution in [1.29, 1.82) is 0 Å². The Bertz CT molecular complexity index is 2060. The number of aromatic nitrogens is 1. The smallest absolute Gasteiger partial charge is 0.416 e. The summed E-state index contributed by atoms with van der Waals surface area (Å²) in [5, 5.41) is 3.56. The number of sulfone groups is 1. The van der Waals surface area contributed by atoms with E-state index in [0.29, 0.717) is 56.1 Å². The van der Waals surface area contributed by atoms with Crippen molar-refractivity contribution < 1.29 is 35.9 Å². The maximum atomic E-state index is 14.9. The number of likely N-dealkylation sites (tertiary alicyclic amines) is 1. The molecular weight excluding hydrogens is 694 g/mol. The Morgan fingerprint density at radius 1 is 1.00 bits per heavy atom. The molecule has 1 amide bonds. The summed E-state index contributed by atoms with van der Waals surface area (Å²) in [6.45, 7) is 6.68. The number of alkyl halides is 3. The lowest BCUT2D eigenvalue weighted by molar-refractivity contribution is -0.137. The highest BCUT2D eigenvalue weighted by atomic mass is 32.2. The zero-order valence-electron chi connectivity index (χ0n) is 29.3. The molecule has 2 aliphatic heterocycles. The van der Waals surface area contributed by atoms with Gasteiger partial charge in [-0.1, -0.05) is 42.5 Å². The van der Waals surface area contributed by atoms with Crippen molar-refractivity contribution in [2.24, 2.45) is 0 Å². The first-order chi connectivity index (χ1) is 24.9. The number of ether oxygens (including phenoxy) is 2. The quantitative estimate of drug-likeness (QED) is 0.199. The number of morpholine rings is 1. The Labute approximate surface area is 302 Å². The van der Waals surface area contributed by atoms with Gasteiger partial charge in [0, 0.05) is 54.5 Å². The van der Waals surface area contributed by atoms with Gasteiger partial charge in [0.1, 0.15) is 10.6 Å². The van der Waals surface area contributed by atoms with E-state index in [2.05, 4.69) is 15.1 Å². The number of pyridine rings is 1. The Balaban J connectivity index is 1.40. The fraction of sp³-hybridized carbons (Fsp3) is 0.436. The maximum absolute atomic E-state index is 14.9. The van der Waals surface area contributed by atoms with Crippen LogP contribution in [0.3, 0.4) is 0 Å². The van der Waals surface area contributed by atoms with Crippen molar-refractivity contribution in [3.8, 4) is 17.0 Å². The van der Waals surface area contributed by atoms with Crippen LogP contribution in [0, 0.1) is 0 Å². The first-order valence-corrected chi connectivity index (χ1v) is 19.7. The Morgan fingerprint density at radius 3 is 2.35 bits per heavy atom. The van der Waals surface area contributed by atoms with Crippen LogP contribution in [0.1, 0.15) is 59.7 Å². The second kappa shape index (κ2) is 14.4. The van der Waals surface area contributed by atoms with E-state index in [-0.39, 0.29) is 46.1 Å². The third-order valence-corrected chi connectivity index (χ3v) is 11.6.